The number of carbonyl (C=O) groups is 1. The van der Waals surface area contributed by atoms with Crippen molar-refractivity contribution < 1.29 is 14.6 Å². The topological polar surface area (TPSA) is 46.5 Å². The quantitative estimate of drug-likeness (QED) is 0.238. The number of unbranched alkanes of at least 4 members (excludes halogenated alkanes) is 2. The van der Waals surface area contributed by atoms with Crippen LogP contribution in [0.15, 0.2) is 72.8 Å². The van der Waals surface area contributed by atoms with Gasteiger partial charge in [0, 0.05) is 0 Å². The summed E-state index contributed by atoms with van der Waals surface area (Å²) in [5.74, 6) is -0.184. The number of fused-ring (bicyclic) bond motifs is 1. The van der Waals surface area contributed by atoms with E-state index in [0.717, 1.165) is 17.5 Å². The average molecular weight is 374 g/mol. The fourth-order valence-corrected chi connectivity index (χ4v) is 3.17. The molecular formula is C25H26O3. The Kier molecular flexibility index (Phi) is 6.62. The van der Waals surface area contributed by atoms with Gasteiger partial charge in [-0.3, -0.25) is 0 Å². The first-order chi connectivity index (χ1) is 13.6. The summed E-state index contributed by atoms with van der Waals surface area (Å²) in [5.41, 5.74) is 3.59. The van der Waals surface area contributed by atoms with Gasteiger partial charge in [0.2, 0.25) is 0 Å². The van der Waals surface area contributed by atoms with Crippen LogP contribution in [0.3, 0.4) is 0 Å². The van der Waals surface area contributed by atoms with E-state index >= 15 is 0 Å². The predicted octanol–water partition coefficient (Wildman–Crippen LogP) is 5.69. The van der Waals surface area contributed by atoms with Crippen LogP contribution in [0.1, 0.15) is 31.7 Å². The summed E-state index contributed by atoms with van der Waals surface area (Å²) in [7, 11) is 0. The fourth-order valence-electron chi connectivity index (χ4n) is 3.17. The van der Waals surface area contributed by atoms with Crippen molar-refractivity contribution in [1.82, 2.24) is 0 Å². The molecule has 3 nitrogen and oxygen atoms in total. The lowest BCUT2D eigenvalue weighted by atomic mass is 9.98. The third-order valence-corrected chi connectivity index (χ3v) is 4.85. The minimum atomic E-state index is -0.615. The molecule has 0 atom stereocenters. The molecule has 0 aliphatic heterocycles. The zero-order valence-corrected chi connectivity index (χ0v) is 16.3. The molecule has 1 N–H and O–H groups in total. The largest absolute Gasteiger partial charge is 0.423 e. The maximum Gasteiger partial charge on any atom is 0.341 e. The Hall–Kier alpha value is -2.91. The third kappa shape index (κ3) is 4.87. The molecule has 0 saturated heterocycles. The summed E-state index contributed by atoms with van der Waals surface area (Å²) in [5, 5.41) is 11.4. The number of ether oxygens (including phenoxy) is 1. The summed E-state index contributed by atoms with van der Waals surface area (Å²) >= 11 is 0. The summed E-state index contributed by atoms with van der Waals surface area (Å²) in [6.07, 6.45) is 4.89. The second-order valence-corrected chi connectivity index (χ2v) is 7.03. The molecule has 28 heavy (non-hydrogen) atoms. The molecular weight excluding hydrogens is 348 g/mol. The van der Waals surface area contributed by atoms with E-state index in [0.29, 0.717) is 5.75 Å². The van der Waals surface area contributed by atoms with Gasteiger partial charge in [-0.15, -0.1) is 0 Å². The molecule has 3 aromatic carbocycles. The van der Waals surface area contributed by atoms with Gasteiger partial charge in [-0.1, -0.05) is 68.8 Å². The van der Waals surface area contributed by atoms with Crippen LogP contribution in [0.5, 0.6) is 5.75 Å². The zero-order chi connectivity index (χ0) is 19.9. The van der Waals surface area contributed by atoms with Crippen LogP contribution < -0.4 is 4.74 Å². The number of aliphatic hydroxyl groups is 1. The van der Waals surface area contributed by atoms with Crippen molar-refractivity contribution in [2.24, 2.45) is 0 Å². The van der Waals surface area contributed by atoms with Gasteiger partial charge in [-0.2, -0.15) is 0 Å². The maximum atomic E-state index is 11.7. The highest BCUT2D eigenvalue weighted by molar-refractivity contribution is 5.90. The molecule has 0 heterocycles. The number of aliphatic hydroxyl groups excluding tert-OH is 1. The minimum absolute atomic E-state index is 0.0349. The van der Waals surface area contributed by atoms with Crippen molar-refractivity contribution in [3.05, 3.63) is 78.4 Å². The van der Waals surface area contributed by atoms with Gasteiger partial charge in [0.05, 0.1) is 12.2 Å². The predicted molar refractivity (Wildman–Crippen MR) is 114 cm³/mol. The minimum Gasteiger partial charge on any atom is -0.423 e. The standard InChI is InChI=1S/C25H26O3/c1-3-4-5-6-19-7-8-23-16-22(10-9-21(23)15-19)20-11-13-24(14-12-20)28-25(27)18(2)17-26/h7-16,26H,2-6,17H2,1H3. The van der Waals surface area contributed by atoms with Crippen molar-refractivity contribution in [2.75, 3.05) is 6.61 Å². The van der Waals surface area contributed by atoms with E-state index in [2.05, 4.69) is 49.9 Å². The Labute approximate surface area is 166 Å². The van der Waals surface area contributed by atoms with Gasteiger partial charge >= 0.3 is 5.97 Å². The summed E-state index contributed by atoms with van der Waals surface area (Å²) in [4.78, 5) is 11.7. The molecule has 0 radical (unpaired) electrons. The molecule has 0 spiro atoms. The molecule has 0 saturated carbocycles. The molecule has 0 aromatic heterocycles. The lowest BCUT2D eigenvalue weighted by Crippen LogP contribution is -2.12. The van der Waals surface area contributed by atoms with Crippen molar-refractivity contribution in [3.63, 3.8) is 0 Å². The van der Waals surface area contributed by atoms with Crippen molar-refractivity contribution in [3.8, 4) is 16.9 Å². The van der Waals surface area contributed by atoms with E-state index in [1.54, 1.807) is 12.1 Å². The molecule has 3 aromatic rings. The Morgan fingerprint density at radius 3 is 2.32 bits per heavy atom. The maximum absolute atomic E-state index is 11.7. The smallest absolute Gasteiger partial charge is 0.341 e. The third-order valence-electron chi connectivity index (χ3n) is 4.85. The Bertz CT molecular complexity index is 971. The van der Waals surface area contributed by atoms with E-state index in [-0.39, 0.29) is 5.57 Å². The second kappa shape index (κ2) is 9.34. The first kappa shape index (κ1) is 19.8. The second-order valence-electron chi connectivity index (χ2n) is 7.03. The van der Waals surface area contributed by atoms with Crippen LogP contribution in [0.25, 0.3) is 21.9 Å². The lowest BCUT2D eigenvalue weighted by Gasteiger charge is -2.08. The monoisotopic (exact) mass is 374 g/mol. The van der Waals surface area contributed by atoms with Crippen LogP contribution in [0.4, 0.5) is 0 Å². The van der Waals surface area contributed by atoms with Crippen molar-refractivity contribution >= 4 is 16.7 Å². The molecule has 3 rings (SSSR count). The SMILES string of the molecule is C=C(CO)C(=O)Oc1ccc(-c2ccc3cc(CCCCC)ccc3c2)cc1. The zero-order valence-electron chi connectivity index (χ0n) is 16.3. The Balaban J connectivity index is 1.75. The van der Waals surface area contributed by atoms with Crippen LogP contribution in [-0.2, 0) is 11.2 Å². The van der Waals surface area contributed by atoms with E-state index < -0.39 is 12.6 Å². The number of esters is 1. The van der Waals surface area contributed by atoms with Gasteiger partial charge in [0.1, 0.15) is 5.75 Å². The van der Waals surface area contributed by atoms with E-state index in [1.807, 2.05) is 12.1 Å². The molecule has 0 fully saturated rings. The number of aryl methyl sites for hydroxylation is 1. The Morgan fingerprint density at radius 1 is 0.929 bits per heavy atom. The molecule has 144 valence electrons. The summed E-state index contributed by atoms with van der Waals surface area (Å²) < 4.78 is 5.18. The summed E-state index contributed by atoms with van der Waals surface area (Å²) in [6.45, 7) is 5.28. The normalized spacial score (nSPS) is 10.8. The highest BCUT2D eigenvalue weighted by Gasteiger charge is 2.09. The van der Waals surface area contributed by atoms with Crippen LogP contribution in [0.2, 0.25) is 0 Å². The molecule has 0 bridgehead atoms. The highest BCUT2D eigenvalue weighted by Crippen LogP contribution is 2.27. The van der Waals surface area contributed by atoms with Gasteiger partial charge in [-0.25, -0.2) is 4.79 Å². The highest BCUT2D eigenvalue weighted by atomic mass is 16.5. The molecule has 0 aliphatic rings. The van der Waals surface area contributed by atoms with Gasteiger partial charge in [-0.05, 0) is 58.5 Å². The van der Waals surface area contributed by atoms with E-state index in [9.17, 15) is 4.79 Å². The lowest BCUT2D eigenvalue weighted by molar-refractivity contribution is -0.130. The van der Waals surface area contributed by atoms with Crippen LogP contribution in [0, 0.1) is 0 Å². The van der Waals surface area contributed by atoms with E-state index in [4.69, 9.17) is 9.84 Å². The van der Waals surface area contributed by atoms with Crippen LogP contribution in [-0.4, -0.2) is 17.7 Å². The number of rotatable bonds is 8. The van der Waals surface area contributed by atoms with Crippen molar-refractivity contribution in [1.29, 1.82) is 0 Å². The van der Waals surface area contributed by atoms with Crippen molar-refractivity contribution in [2.45, 2.75) is 32.6 Å². The van der Waals surface area contributed by atoms with Crippen LogP contribution >= 0.6 is 0 Å². The van der Waals surface area contributed by atoms with Gasteiger partial charge < -0.3 is 9.84 Å². The average Bonchev–Trinajstić information content (AvgIpc) is 2.73. The molecule has 0 aliphatic carbocycles. The first-order valence-corrected chi connectivity index (χ1v) is 9.74. The fraction of sp³-hybridized carbons (Fsp3) is 0.240. The summed E-state index contributed by atoms with van der Waals surface area (Å²) in [6, 6.07) is 20.5. The van der Waals surface area contributed by atoms with Gasteiger partial charge in [0.15, 0.2) is 0 Å². The molecule has 0 amide bonds. The van der Waals surface area contributed by atoms with Gasteiger partial charge in [0.25, 0.3) is 0 Å². The number of hydrogen-bond acceptors (Lipinski definition) is 3. The number of carbonyl (C=O) groups excluding carboxylic acids is 1. The van der Waals surface area contributed by atoms with E-state index in [1.165, 1.54) is 35.6 Å². The first-order valence-electron chi connectivity index (χ1n) is 9.74. The molecule has 3 heteroatoms. The number of hydrogen-bond donors (Lipinski definition) is 1. The number of benzene rings is 3. The Morgan fingerprint density at radius 2 is 1.61 bits per heavy atom. The molecule has 0 unspecified atom stereocenters.